The van der Waals surface area contributed by atoms with Crippen molar-refractivity contribution < 1.29 is 8.78 Å². The maximum atomic E-state index is 13.7. The van der Waals surface area contributed by atoms with Gasteiger partial charge in [-0.25, -0.2) is 8.78 Å². The van der Waals surface area contributed by atoms with Crippen molar-refractivity contribution in [2.75, 3.05) is 6.54 Å². The predicted octanol–water partition coefficient (Wildman–Crippen LogP) is 3.13. The highest BCUT2D eigenvalue weighted by Crippen LogP contribution is 2.26. The van der Waals surface area contributed by atoms with Crippen LogP contribution in [-0.4, -0.2) is 12.1 Å². The maximum absolute atomic E-state index is 13.7. The van der Waals surface area contributed by atoms with Crippen LogP contribution in [0.5, 0.6) is 0 Å². The summed E-state index contributed by atoms with van der Waals surface area (Å²) >= 11 is 0. The van der Waals surface area contributed by atoms with Crippen molar-refractivity contribution in [1.82, 2.24) is 5.32 Å². The minimum Gasteiger partial charge on any atom is -0.299 e. The second-order valence-electron chi connectivity index (χ2n) is 5.60. The Balaban J connectivity index is 2.90. The minimum absolute atomic E-state index is 0.427. The monoisotopic (exact) mass is 252 g/mol. The largest absolute Gasteiger partial charge is 0.299 e. The third-order valence-corrected chi connectivity index (χ3v) is 2.91. The van der Waals surface area contributed by atoms with E-state index < -0.39 is 22.6 Å². The van der Waals surface area contributed by atoms with Gasteiger partial charge in [0.1, 0.15) is 17.2 Å². The molecule has 98 valence electrons. The van der Waals surface area contributed by atoms with Gasteiger partial charge < -0.3 is 0 Å². The highest BCUT2D eigenvalue weighted by molar-refractivity contribution is 5.27. The van der Waals surface area contributed by atoms with Crippen molar-refractivity contribution >= 4 is 0 Å². The molecule has 0 fully saturated rings. The summed E-state index contributed by atoms with van der Waals surface area (Å²) in [6, 6.07) is 5.70. The zero-order valence-electron chi connectivity index (χ0n) is 11.1. The summed E-state index contributed by atoms with van der Waals surface area (Å²) in [5.41, 5.74) is -0.759. The molecule has 0 atom stereocenters. The first-order valence-electron chi connectivity index (χ1n) is 5.80. The quantitative estimate of drug-likeness (QED) is 0.893. The Morgan fingerprint density at radius 1 is 1.22 bits per heavy atom. The van der Waals surface area contributed by atoms with Gasteiger partial charge in [0.25, 0.3) is 0 Å². The maximum Gasteiger partial charge on any atom is 0.129 e. The van der Waals surface area contributed by atoms with Crippen LogP contribution in [0.25, 0.3) is 0 Å². The Kier molecular flexibility index (Phi) is 4.08. The van der Waals surface area contributed by atoms with Gasteiger partial charge in [0.2, 0.25) is 0 Å². The van der Waals surface area contributed by atoms with Crippen molar-refractivity contribution in [3.63, 3.8) is 0 Å². The molecule has 0 spiro atoms. The van der Waals surface area contributed by atoms with E-state index in [0.717, 1.165) is 6.07 Å². The summed E-state index contributed by atoms with van der Waals surface area (Å²) in [4.78, 5) is 0. The third-order valence-electron chi connectivity index (χ3n) is 2.91. The molecule has 4 heteroatoms. The molecule has 0 aliphatic carbocycles. The number of hydrogen-bond acceptors (Lipinski definition) is 2. The lowest BCUT2D eigenvalue weighted by molar-refractivity contribution is 0.385. The minimum atomic E-state index is -0.673. The van der Waals surface area contributed by atoms with Crippen molar-refractivity contribution in [2.24, 2.45) is 0 Å². The SMILES string of the molecule is CC(C)(C#N)NCC(C)(C)c1ccc(F)cc1F. The zero-order chi connectivity index (χ0) is 14.0. The van der Waals surface area contributed by atoms with E-state index in [9.17, 15) is 8.78 Å². The molecule has 0 heterocycles. The number of nitrogens with one attached hydrogen (secondary N) is 1. The lowest BCUT2D eigenvalue weighted by Gasteiger charge is -2.29. The van der Waals surface area contributed by atoms with E-state index >= 15 is 0 Å². The fraction of sp³-hybridized carbons (Fsp3) is 0.500. The van der Waals surface area contributed by atoms with Gasteiger partial charge in [-0.05, 0) is 25.5 Å². The second kappa shape index (κ2) is 5.03. The summed E-state index contributed by atoms with van der Waals surface area (Å²) in [5, 5.41) is 12.0. The van der Waals surface area contributed by atoms with E-state index in [2.05, 4.69) is 11.4 Å². The number of halogens is 2. The number of nitriles is 1. The summed E-state index contributed by atoms with van der Waals surface area (Å²) in [6.45, 7) is 7.64. The average molecular weight is 252 g/mol. The smallest absolute Gasteiger partial charge is 0.129 e. The summed E-state index contributed by atoms with van der Waals surface area (Å²) in [5.74, 6) is -1.14. The highest BCUT2D eigenvalue weighted by Gasteiger charge is 2.27. The molecule has 0 saturated heterocycles. The highest BCUT2D eigenvalue weighted by atomic mass is 19.1. The Morgan fingerprint density at radius 2 is 1.83 bits per heavy atom. The summed E-state index contributed by atoms with van der Waals surface area (Å²) in [6.07, 6.45) is 0. The van der Waals surface area contributed by atoms with Crippen LogP contribution < -0.4 is 5.32 Å². The van der Waals surface area contributed by atoms with Crippen molar-refractivity contribution in [1.29, 1.82) is 5.26 Å². The number of rotatable bonds is 4. The standard InChI is InChI=1S/C14H18F2N2/c1-13(2,9-18-14(3,4)8-17)11-6-5-10(15)7-12(11)16/h5-7,18H,9H2,1-4H3. The van der Waals surface area contributed by atoms with Crippen molar-refractivity contribution in [2.45, 2.75) is 38.6 Å². The molecule has 0 unspecified atom stereocenters. The van der Waals surface area contributed by atoms with Gasteiger partial charge in [-0.15, -0.1) is 0 Å². The van der Waals surface area contributed by atoms with Gasteiger partial charge in [0.05, 0.1) is 6.07 Å². The molecule has 18 heavy (non-hydrogen) atoms. The molecule has 1 aromatic carbocycles. The van der Waals surface area contributed by atoms with Gasteiger partial charge in [0, 0.05) is 18.0 Å². The molecule has 0 radical (unpaired) electrons. The normalized spacial score (nSPS) is 12.3. The fourth-order valence-corrected chi connectivity index (χ4v) is 1.62. The Labute approximate surface area is 107 Å². The van der Waals surface area contributed by atoms with E-state index in [4.69, 9.17) is 5.26 Å². The van der Waals surface area contributed by atoms with Crippen LogP contribution in [0.15, 0.2) is 18.2 Å². The molecule has 0 bridgehead atoms. The summed E-state index contributed by atoms with van der Waals surface area (Å²) < 4.78 is 26.6. The van der Waals surface area contributed by atoms with Gasteiger partial charge in [0.15, 0.2) is 0 Å². The third kappa shape index (κ3) is 3.51. The zero-order valence-corrected chi connectivity index (χ0v) is 11.1. The first kappa shape index (κ1) is 14.6. The van der Waals surface area contributed by atoms with Gasteiger partial charge >= 0.3 is 0 Å². The van der Waals surface area contributed by atoms with Crippen molar-refractivity contribution in [3.8, 4) is 6.07 Å². The molecular weight excluding hydrogens is 234 g/mol. The molecule has 2 nitrogen and oxygen atoms in total. The molecule has 0 aromatic heterocycles. The number of hydrogen-bond donors (Lipinski definition) is 1. The first-order chi connectivity index (χ1) is 8.18. The lowest BCUT2D eigenvalue weighted by Crippen LogP contribution is -2.45. The molecular formula is C14H18F2N2. The topological polar surface area (TPSA) is 35.8 Å². The van der Waals surface area contributed by atoms with Crippen LogP contribution in [-0.2, 0) is 5.41 Å². The van der Waals surface area contributed by atoms with E-state index in [-0.39, 0.29) is 0 Å². The van der Waals surface area contributed by atoms with Crippen LogP contribution in [0.1, 0.15) is 33.3 Å². The molecule has 0 saturated carbocycles. The Bertz CT molecular complexity index is 473. The number of benzene rings is 1. The molecule has 1 N–H and O–H groups in total. The van der Waals surface area contributed by atoms with Crippen molar-refractivity contribution in [3.05, 3.63) is 35.4 Å². The van der Waals surface area contributed by atoms with E-state index in [1.807, 2.05) is 13.8 Å². The van der Waals surface area contributed by atoms with Crippen LogP contribution in [0.3, 0.4) is 0 Å². The number of nitrogens with zero attached hydrogens (tertiary/aromatic N) is 1. The molecule has 0 aliphatic rings. The second-order valence-corrected chi connectivity index (χ2v) is 5.60. The summed E-state index contributed by atoms with van der Waals surface area (Å²) in [7, 11) is 0. The average Bonchev–Trinajstić information content (AvgIpc) is 2.26. The van der Waals surface area contributed by atoms with Gasteiger partial charge in [-0.1, -0.05) is 19.9 Å². The fourth-order valence-electron chi connectivity index (χ4n) is 1.62. The van der Waals surface area contributed by atoms with Crippen LogP contribution >= 0.6 is 0 Å². The molecule has 1 rings (SSSR count). The lowest BCUT2D eigenvalue weighted by atomic mass is 9.83. The predicted molar refractivity (Wildman–Crippen MR) is 67.1 cm³/mol. The van der Waals surface area contributed by atoms with E-state index in [1.54, 1.807) is 13.8 Å². The van der Waals surface area contributed by atoms with Gasteiger partial charge in [-0.2, -0.15) is 5.26 Å². The van der Waals surface area contributed by atoms with Crippen LogP contribution in [0.4, 0.5) is 8.78 Å². The van der Waals surface area contributed by atoms with Gasteiger partial charge in [-0.3, -0.25) is 5.32 Å². The Hall–Kier alpha value is -1.47. The van der Waals surface area contributed by atoms with E-state index in [0.29, 0.717) is 12.1 Å². The van der Waals surface area contributed by atoms with Crippen LogP contribution in [0.2, 0.25) is 0 Å². The molecule has 0 aliphatic heterocycles. The molecule has 0 amide bonds. The molecule has 1 aromatic rings. The first-order valence-corrected chi connectivity index (χ1v) is 5.80. The van der Waals surface area contributed by atoms with E-state index in [1.165, 1.54) is 12.1 Å². The van der Waals surface area contributed by atoms with Crippen LogP contribution in [0, 0.1) is 23.0 Å². The Morgan fingerprint density at radius 3 is 2.33 bits per heavy atom.